The summed E-state index contributed by atoms with van der Waals surface area (Å²) in [4.78, 5) is 0. The fraction of sp³-hybridized carbons (Fsp3) is 0.294. The van der Waals surface area contributed by atoms with E-state index in [1.54, 1.807) is 12.1 Å². The van der Waals surface area contributed by atoms with Gasteiger partial charge in [0.1, 0.15) is 11.9 Å². The van der Waals surface area contributed by atoms with E-state index in [0.717, 1.165) is 16.7 Å². The first-order chi connectivity index (χ1) is 9.93. The first-order valence-electron chi connectivity index (χ1n) is 6.81. The number of aliphatic hydroxyl groups excluding tert-OH is 1. The van der Waals surface area contributed by atoms with Crippen LogP contribution in [-0.4, -0.2) is 11.7 Å². The van der Waals surface area contributed by atoms with E-state index in [9.17, 15) is 5.11 Å². The van der Waals surface area contributed by atoms with E-state index in [1.807, 2.05) is 39.0 Å². The molecule has 1 unspecified atom stereocenters. The molecule has 0 amide bonds. The van der Waals surface area contributed by atoms with Gasteiger partial charge in [0.05, 0.1) is 16.7 Å². The van der Waals surface area contributed by atoms with Gasteiger partial charge < -0.3 is 9.84 Å². The molecule has 0 aliphatic heterocycles. The minimum Gasteiger partial charge on any atom is -0.492 e. The third kappa shape index (κ3) is 3.52. The van der Waals surface area contributed by atoms with Crippen molar-refractivity contribution in [3.8, 4) is 5.75 Å². The van der Waals surface area contributed by atoms with Crippen molar-refractivity contribution < 1.29 is 9.84 Å². The summed E-state index contributed by atoms with van der Waals surface area (Å²) in [5.41, 5.74) is 3.51. The lowest BCUT2D eigenvalue weighted by Crippen LogP contribution is -2.04. The van der Waals surface area contributed by atoms with Crippen LogP contribution in [0.4, 0.5) is 0 Å². The molecule has 2 nitrogen and oxygen atoms in total. The lowest BCUT2D eigenvalue weighted by molar-refractivity contribution is 0.219. The van der Waals surface area contributed by atoms with Gasteiger partial charge >= 0.3 is 0 Å². The molecule has 2 rings (SSSR count). The van der Waals surface area contributed by atoms with Gasteiger partial charge in [-0.2, -0.15) is 0 Å². The fourth-order valence-electron chi connectivity index (χ4n) is 2.24. The standard InChI is InChI=1S/C17H18Cl2O2/c1-4-21-16-9-14(18)13(8-15(16)19)17(20)12-7-10(2)5-6-11(12)3/h5-9,17,20H,4H2,1-3H3. The van der Waals surface area contributed by atoms with Crippen molar-refractivity contribution in [2.45, 2.75) is 26.9 Å². The van der Waals surface area contributed by atoms with E-state index < -0.39 is 6.10 Å². The van der Waals surface area contributed by atoms with Gasteiger partial charge in [-0.3, -0.25) is 0 Å². The lowest BCUT2D eigenvalue weighted by atomic mass is 9.96. The smallest absolute Gasteiger partial charge is 0.139 e. The normalized spacial score (nSPS) is 12.3. The van der Waals surface area contributed by atoms with Gasteiger partial charge in [0.2, 0.25) is 0 Å². The van der Waals surface area contributed by atoms with Crippen LogP contribution < -0.4 is 4.74 Å². The molecule has 2 aromatic rings. The lowest BCUT2D eigenvalue weighted by Gasteiger charge is -2.18. The Kier molecular flexibility index (Phi) is 5.15. The van der Waals surface area contributed by atoms with Gasteiger partial charge in [-0.25, -0.2) is 0 Å². The van der Waals surface area contributed by atoms with Crippen molar-refractivity contribution in [3.05, 3.63) is 62.6 Å². The number of halogens is 2. The molecule has 2 aromatic carbocycles. The molecule has 0 saturated carbocycles. The second-order valence-corrected chi connectivity index (χ2v) is 5.81. The number of benzene rings is 2. The molecule has 0 fully saturated rings. The van der Waals surface area contributed by atoms with Crippen molar-refractivity contribution >= 4 is 23.2 Å². The molecule has 0 radical (unpaired) electrons. The zero-order chi connectivity index (χ0) is 15.6. The summed E-state index contributed by atoms with van der Waals surface area (Å²) < 4.78 is 5.40. The van der Waals surface area contributed by atoms with E-state index in [-0.39, 0.29) is 0 Å². The number of ether oxygens (including phenoxy) is 1. The zero-order valence-electron chi connectivity index (χ0n) is 12.3. The van der Waals surface area contributed by atoms with Crippen molar-refractivity contribution in [2.75, 3.05) is 6.61 Å². The SMILES string of the molecule is CCOc1cc(Cl)c(C(O)c2cc(C)ccc2C)cc1Cl. The van der Waals surface area contributed by atoms with Crippen LogP contribution in [0.15, 0.2) is 30.3 Å². The van der Waals surface area contributed by atoms with Crippen LogP contribution in [0, 0.1) is 13.8 Å². The van der Waals surface area contributed by atoms with Gasteiger partial charge in [0.25, 0.3) is 0 Å². The van der Waals surface area contributed by atoms with Gasteiger partial charge in [0, 0.05) is 11.6 Å². The summed E-state index contributed by atoms with van der Waals surface area (Å²) in [6, 6.07) is 9.27. The molecule has 0 aromatic heterocycles. The highest BCUT2D eigenvalue weighted by Crippen LogP contribution is 2.37. The predicted molar refractivity (Wildman–Crippen MR) is 87.6 cm³/mol. The summed E-state index contributed by atoms with van der Waals surface area (Å²) in [5, 5.41) is 11.5. The van der Waals surface area contributed by atoms with Crippen LogP contribution >= 0.6 is 23.2 Å². The highest BCUT2D eigenvalue weighted by molar-refractivity contribution is 6.34. The maximum Gasteiger partial charge on any atom is 0.139 e. The highest BCUT2D eigenvalue weighted by atomic mass is 35.5. The van der Waals surface area contributed by atoms with E-state index >= 15 is 0 Å². The van der Waals surface area contributed by atoms with Crippen LogP contribution in [-0.2, 0) is 0 Å². The Hall–Kier alpha value is -1.22. The predicted octanol–water partition coefficient (Wildman–Crippen LogP) is 5.09. The van der Waals surface area contributed by atoms with E-state index in [1.165, 1.54) is 0 Å². The minimum atomic E-state index is -0.814. The molecule has 0 spiro atoms. The molecule has 4 heteroatoms. The van der Waals surface area contributed by atoms with Crippen molar-refractivity contribution in [2.24, 2.45) is 0 Å². The molecule has 1 atom stereocenters. The zero-order valence-corrected chi connectivity index (χ0v) is 13.8. The molecule has 0 aliphatic carbocycles. The molecule has 0 bridgehead atoms. The third-order valence-electron chi connectivity index (χ3n) is 3.37. The van der Waals surface area contributed by atoms with Crippen LogP contribution in [0.25, 0.3) is 0 Å². The van der Waals surface area contributed by atoms with Gasteiger partial charge in [-0.15, -0.1) is 0 Å². The summed E-state index contributed by atoms with van der Waals surface area (Å²) in [6.07, 6.45) is -0.814. The highest BCUT2D eigenvalue weighted by Gasteiger charge is 2.18. The maximum atomic E-state index is 10.6. The Morgan fingerprint density at radius 1 is 1.05 bits per heavy atom. The van der Waals surface area contributed by atoms with Crippen LogP contribution in [0.3, 0.4) is 0 Å². The Bertz CT molecular complexity index is 653. The van der Waals surface area contributed by atoms with Gasteiger partial charge in [-0.1, -0.05) is 47.0 Å². The quantitative estimate of drug-likeness (QED) is 0.848. The number of hydrogen-bond acceptors (Lipinski definition) is 2. The van der Waals surface area contributed by atoms with Gasteiger partial charge in [0.15, 0.2) is 0 Å². The van der Waals surface area contributed by atoms with Crippen LogP contribution in [0.2, 0.25) is 10.0 Å². The van der Waals surface area contributed by atoms with Crippen molar-refractivity contribution in [1.82, 2.24) is 0 Å². The maximum absolute atomic E-state index is 10.6. The van der Waals surface area contributed by atoms with E-state index in [0.29, 0.717) is 28.0 Å². The Labute approximate surface area is 135 Å². The van der Waals surface area contributed by atoms with Gasteiger partial charge in [-0.05, 0) is 38.0 Å². The summed E-state index contributed by atoms with van der Waals surface area (Å²) in [6.45, 7) is 6.34. The molecule has 21 heavy (non-hydrogen) atoms. The Balaban J connectivity index is 2.46. The molecule has 0 saturated heterocycles. The Morgan fingerprint density at radius 3 is 2.43 bits per heavy atom. The van der Waals surface area contributed by atoms with Crippen molar-refractivity contribution in [3.63, 3.8) is 0 Å². The first-order valence-corrected chi connectivity index (χ1v) is 7.56. The topological polar surface area (TPSA) is 29.5 Å². The van der Waals surface area contributed by atoms with Crippen molar-refractivity contribution in [1.29, 1.82) is 0 Å². The molecular formula is C17H18Cl2O2. The second kappa shape index (κ2) is 6.69. The second-order valence-electron chi connectivity index (χ2n) is 5.00. The molecule has 112 valence electrons. The van der Waals surface area contributed by atoms with Crippen LogP contribution in [0.5, 0.6) is 5.75 Å². The fourth-order valence-corrected chi connectivity index (χ4v) is 2.73. The number of aryl methyl sites for hydroxylation is 2. The average molecular weight is 325 g/mol. The number of hydrogen-bond donors (Lipinski definition) is 1. The summed E-state index contributed by atoms with van der Waals surface area (Å²) in [7, 11) is 0. The number of aliphatic hydroxyl groups is 1. The monoisotopic (exact) mass is 324 g/mol. The molecule has 0 aliphatic rings. The largest absolute Gasteiger partial charge is 0.492 e. The third-order valence-corrected chi connectivity index (χ3v) is 4.00. The Morgan fingerprint density at radius 2 is 1.76 bits per heavy atom. The molecule has 1 N–H and O–H groups in total. The first kappa shape index (κ1) is 16.2. The van der Waals surface area contributed by atoms with Crippen LogP contribution in [0.1, 0.15) is 35.3 Å². The average Bonchev–Trinajstić information content (AvgIpc) is 2.44. The minimum absolute atomic E-state index is 0.441. The summed E-state index contributed by atoms with van der Waals surface area (Å²) in [5.74, 6) is 0.529. The molecule has 0 heterocycles. The number of rotatable bonds is 4. The van der Waals surface area contributed by atoms with E-state index in [4.69, 9.17) is 27.9 Å². The molecular weight excluding hydrogens is 307 g/mol. The summed E-state index contributed by atoms with van der Waals surface area (Å²) >= 11 is 12.5. The van der Waals surface area contributed by atoms with E-state index in [2.05, 4.69) is 0 Å².